The molecular weight excluding hydrogens is 279 g/mol. The largest absolute Gasteiger partial charge is 0.465 e. The third-order valence-corrected chi connectivity index (χ3v) is 2.19. The summed E-state index contributed by atoms with van der Waals surface area (Å²) in [6, 6.07) is 0.818. The quantitative estimate of drug-likeness (QED) is 0.619. The van der Waals surface area contributed by atoms with Crippen molar-refractivity contribution in [3.05, 3.63) is 27.7 Å². The van der Waals surface area contributed by atoms with Crippen LogP contribution < -0.4 is 0 Å². The van der Waals surface area contributed by atoms with Gasteiger partial charge in [0, 0.05) is 10.5 Å². The van der Waals surface area contributed by atoms with E-state index in [1.54, 1.807) is 0 Å². The zero-order valence-corrected chi connectivity index (χ0v) is 9.02. The Morgan fingerprint density at radius 1 is 1.60 bits per heavy atom. The maximum Gasteiger partial charge on any atom is 0.341 e. The number of carbonyl (C=O) groups is 1. The highest BCUT2D eigenvalue weighted by atomic mass is 79.9. The molecule has 0 aliphatic carbocycles. The van der Waals surface area contributed by atoms with Crippen molar-refractivity contribution in [1.29, 1.82) is 0 Å². The summed E-state index contributed by atoms with van der Waals surface area (Å²) in [6.07, 6.45) is -3.05. The van der Waals surface area contributed by atoms with Gasteiger partial charge in [-0.3, -0.25) is 0 Å². The molecular formula is C8H5BrF3NO2. The standard InChI is InChI=1S/C8H5BrF3NO2/c1-15-8(14)5-3(9)2-4(10)13-6(5)7(11)12/h2,7H,1H3. The van der Waals surface area contributed by atoms with E-state index in [-0.39, 0.29) is 4.47 Å². The van der Waals surface area contributed by atoms with Gasteiger partial charge in [-0.15, -0.1) is 0 Å². The first-order chi connectivity index (χ1) is 6.97. The van der Waals surface area contributed by atoms with Crippen LogP contribution in [-0.4, -0.2) is 18.1 Å². The summed E-state index contributed by atoms with van der Waals surface area (Å²) in [5.41, 5.74) is -1.40. The van der Waals surface area contributed by atoms with Crippen molar-refractivity contribution in [2.45, 2.75) is 6.43 Å². The molecule has 82 valence electrons. The van der Waals surface area contributed by atoms with E-state index in [9.17, 15) is 18.0 Å². The number of esters is 1. The van der Waals surface area contributed by atoms with Crippen LogP contribution in [-0.2, 0) is 4.74 Å². The van der Waals surface area contributed by atoms with Gasteiger partial charge < -0.3 is 4.74 Å². The number of hydrogen-bond donors (Lipinski definition) is 0. The first kappa shape index (κ1) is 12.0. The molecule has 0 spiro atoms. The first-order valence-corrected chi connectivity index (χ1v) is 4.49. The van der Waals surface area contributed by atoms with Crippen molar-refractivity contribution in [3.63, 3.8) is 0 Å². The van der Waals surface area contributed by atoms with Gasteiger partial charge in [0.1, 0.15) is 11.3 Å². The Hall–Kier alpha value is -1.11. The summed E-state index contributed by atoms with van der Waals surface area (Å²) in [5, 5.41) is 0. The summed E-state index contributed by atoms with van der Waals surface area (Å²) in [6.45, 7) is 0. The second-order valence-corrected chi connectivity index (χ2v) is 3.33. The minimum Gasteiger partial charge on any atom is -0.465 e. The van der Waals surface area contributed by atoms with Crippen molar-refractivity contribution in [2.75, 3.05) is 7.11 Å². The molecule has 1 aromatic heterocycles. The van der Waals surface area contributed by atoms with E-state index in [0.717, 1.165) is 13.2 Å². The van der Waals surface area contributed by atoms with Crippen molar-refractivity contribution in [1.82, 2.24) is 4.98 Å². The lowest BCUT2D eigenvalue weighted by atomic mass is 10.2. The van der Waals surface area contributed by atoms with Crippen LogP contribution in [0.3, 0.4) is 0 Å². The van der Waals surface area contributed by atoms with Crippen LogP contribution in [0.25, 0.3) is 0 Å². The van der Waals surface area contributed by atoms with Crippen molar-refractivity contribution >= 4 is 21.9 Å². The number of aromatic nitrogens is 1. The average Bonchev–Trinajstić information content (AvgIpc) is 2.15. The fraction of sp³-hybridized carbons (Fsp3) is 0.250. The Morgan fingerprint density at radius 3 is 2.67 bits per heavy atom. The third-order valence-electron chi connectivity index (χ3n) is 1.56. The molecule has 0 unspecified atom stereocenters. The zero-order valence-electron chi connectivity index (χ0n) is 7.43. The lowest BCUT2D eigenvalue weighted by molar-refractivity contribution is 0.0585. The first-order valence-electron chi connectivity index (χ1n) is 3.69. The van der Waals surface area contributed by atoms with Crippen molar-refractivity contribution in [3.8, 4) is 0 Å². The van der Waals surface area contributed by atoms with Crippen LogP contribution in [0.1, 0.15) is 22.5 Å². The van der Waals surface area contributed by atoms with E-state index in [1.807, 2.05) is 0 Å². The van der Waals surface area contributed by atoms with Crippen LogP contribution in [0, 0.1) is 5.95 Å². The molecule has 1 heterocycles. The second kappa shape index (κ2) is 4.61. The Bertz CT molecular complexity index is 398. The molecule has 0 aliphatic heterocycles. The fourth-order valence-electron chi connectivity index (χ4n) is 0.964. The smallest absolute Gasteiger partial charge is 0.341 e. The van der Waals surface area contributed by atoms with E-state index < -0.39 is 29.6 Å². The number of halogens is 4. The molecule has 0 bridgehead atoms. The highest BCUT2D eigenvalue weighted by Gasteiger charge is 2.24. The number of ether oxygens (including phenoxy) is 1. The molecule has 0 fully saturated rings. The summed E-state index contributed by atoms with van der Waals surface area (Å²) in [7, 11) is 1.04. The summed E-state index contributed by atoms with van der Waals surface area (Å²) >= 11 is 2.79. The maximum atomic E-state index is 12.7. The van der Waals surface area contributed by atoms with Gasteiger partial charge in [0.2, 0.25) is 5.95 Å². The predicted octanol–water partition coefficient (Wildman–Crippen LogP) is 2.71. The second-order valence-electron chi connectivity index (χ2n) is 2.48. The average molecular weight is 284 g/mol. The number of methoxy groups -OCH3 is 1. The molecule has 0 aromatic carbocycles. The lowest BCUT2D eigenvalue weighted by Crippen LogP contribution is -2.10. The molecule has 0 radical (unpaired) electrons. The summed E-state index contributed by atoms with van der Waals surface area (Å²) in [4.78, 5) is 14.1. The van der Waals surface area contributed by atoms with Gasteiger partial charge in [-0.25, -0.2) is 18.6 Å². The molecule has 7 heteroatoms. The molecule has 0 saturated carbocycles. The molecule has 1 rings (SSSR count). The van der Waals surface area contributed by atoms with Crippen molar-refractivity contribution < 1.29 is 22.7 Å². The van der Waals surface area contributed by atoms with Gasteiger partial charge in [0.05, 0.1) is 7.11 Å². The molecule has 0 saturated heterocycles. The minimum atomic E-state index is -3.05. The molecule has 0 atom stereocenters. The van der Waals surface area contributed by atoms with Crippen LogP contribution in [0.5, 0.6) is 0 Å². The molecule has 0 amide bonds. The summed E-state index contributed by atoms with van der Waals surface area (Å²) in [5.74, 6) is -2.09. The SMILES string of the molecule is COC(=O)c1c(Br)cc(F)nc1C(F)F. The van der Waals surface area contributed by atoms with Crippen LogP contribution in [0.15, 0.2) is 10.5 Å². The molecule has 0 aliphatic rings. The molecule has 3 nitrogen and oxygen atoms in total. The van der Waals surface area contributed by atoms with Gasteiger partial charge in [-0.05, 0) is 15.9 Å². The van der Waals surface area contributed by atoms with E-state index in [1.165, 1.54) is 0 Å². The predicted molar refractivity (Wildman–Crippen MR) is 48.2 cm³/mol. The number of nitrogens with zero attached hydrogens (tertiary/aromatic N) is 1. The topological polar surface area (TPSA) is 39.2 Å². The number of carbonyl (C=O) groups excluding carboxylic acids is 1. The molecule has 0 N–H and O–H groups in total. The van der Waals surface area contributed by atoms with Gasteiger partial charge in [-0.1, -0.05) is 0 Å². The van der Waals surface area contributed by atoms with E-state index in [2.05, 4.69) is 25.7 Å². The number of pyridine rings is 1. The zero-order chi connectivity index (χ0) is 11.6. The fourth-order valence-corrected chi connectivity index (χ4v) is 1.52. The number of rotatable bonds is 2. The van der Waals surface area contributed by atoms with Crippen LogP contribution in [0.4, 0.5) is 13.2 Å². The van der Waals surface area contributed by atoms with Crippen LogP contribution >= 0.6 is 15.9 Å². The lowest BCUT2D eigenvalue weighted by Gasteiger charge is -2.07. The Labute approximate surface area is 91.4 Å². The monoisotopic (exact) mass is 283 g/mol. The Morgan fingerprint density at radius 2 is 2.20 bits per heavy atom. The highest BCUT2D eigenvalue weighted by molar-refractivity contribution is 9.10. The number of alkyl halides is 2. The minimum absolute atomic E-state index is 0.114. The van der Waals surface area contributed by atoms with Crippen molar-refractivity contribution in [2.24, 2.45) is 0 Å². The normalized spacial score (nSPS) is 10.5. The third kappa shape index (κ3) is 2.47. The van der Waals surface area contributed by atoms with E-state index >= 15 is 0 Å². The highest BCUT2D eigenvalue weighted by Crippen LogP contribution is 2.28. The Kier molecular flexibility index (Phi) is 3.67. The van der Waals surface area contributed by atoms with E-state index in [0.29, 0.717) is 0 Å². The van der Waals surface area contributed by atoms with Crippen LogP contribution in [0.2, 0.25) is 0 Å². The number of hydrogen-bond acceptors (Lipinski definition) is 3. The van der Waals surface area contributed by atoms with E-state index in [4.69, 9.17) is 0 Å². The summed E-state index contributed by atoms with van der Waals surface area (Å²) < 4.78 is 41.7. The Balaban J connectivity index is 3.40. The van der Waals surface area contributed by atoms with Gasteiger partial charge in [0.15, 0.2) is 0 Å². The maximum absolute atomic E-state index is 12.7. The van der Waals surface area contributed by atoms with Gasteiger partial charge in [-0.2, -0.15) is 4.39 Å². The molecule has 1 aromatic rings. The molecule has 15 heavy (non-hydrogen) atoms. The van der Waals surface area contributed by atoms with Gasteiger partial charge in [0.25, 0.3) is 6.43 Å². The van der Waals surface area contributed by atoms with Gasteiger partial charge >= 0.3 is 5.97 Å².